The molecule has 1 atom stereocenters. The topological polar surface area (TPSA) is 26.3 Å². The monoisotopic (exact) mass is 228 g/mol. The molecule has 0 fully saturated rings. The van der Waals surface area contributed by atoms with E-state index in [9.17, 15) is 13.6 Å². The minimum absolute atomic E-state index is 0.119. The molecule has 1 aromatic carbocycles. The van der Waals surface area contributed by atoms with E-state index < -0.39 is 6.43 Å². The van der Waals surface area contributed by atoms with E-state index in [4.69, 9.17) is 4.74 Å². The van der Waals surface area contributed by atoms with Crippen molar-refractivity contribution >= 4 is 6.29 Å². The molecule has 0 aliphatic heterocycles. The van der Waals surface area contributed by atoms with Crippen LogP contribution >= 0.6 is 0 Å². The number of methoxy groups -OCH3 is 1. The first kappa shape index (κ1) is 12.6. The van der Waals surface area contributed by atoms with Gasteiger partial charge in [-0.2, -0.15) is 0 Å². The number of aldehydes is 1. The second-order valence-corrected chi connectivity index (χ2v) is 3.57. The van der Waals surface area contributed by atoms with Crippen molar-refractivity contribution < 1.29 is 18.3 Å². The van der Waals surface area contributed by atoms with Crippen molar-refractivity contribution in [3.8, 4) is 5.75 Å². The SMILES string of the molecule is COc1c(C(F)F)cccc1C(C)CC=O. The van der Waals surface area contributed by atoms with Gasteiger partial charge in [0.2, 0.25) is 0 Å². The van der Waals surface area contributed by atoms with Gasteiger partial charge in [0.05, 0.1) is 12.7 Å². The summed E-state index contributed by atoms with van der Waals surface area (Å²) in [5.41, 5.74) is 0.519. The molecule has 1 aromatic rings. The molecule has 0 spiro atoms. The molecule has 4 heteroatoms. The van der Waals surface area contributed by atoms with Crippen molar-refractivity contribution in [2.24, 2.45) is 0 Å². The van der Waals surface area contributed by atoms with E-state index in [1.165, 1.54) is 13.2 Å². The largest absolute Gasteiger partial charge is 0.496 e. The zero-order valence-corrected chi connectivity index (χ0v) is 9.24. The molecule has 16 heavy (non-hydrogen) atoms. The van der Waals surface area contributed by atoms with Crippen LogP contribution < -0.4 is 4.74 Å². The van der Waals surface area contributed by atoms with Crippen molar-refractivity contribution in [3.05, 3.63) is 29.3 Å². The lowest BCUT2D eigenvalue weighted by Crippen LogP contribution is -2.02. The highest BCUT2D eigenvalue weighted by atomic mass is 19.3. The van der Waals surface area contributed by atoms with Crippen LogP contribution in [0.3, 0.4) is 0 Å². The Bertz CT molecular complexity index is 364. The fraction of sp³-hybridized carbons (Fsp3) is 0.417. The van der Waals surface area contributed by atoms with Gasteiger partial charge in [0.1, 0.15) is 12.0 Å². The minimum Gasteiger partial charge on any atom is -0.496 e. The number of carbonyl (C=O) groups is 1. The molecule has 1 unspecified atom stereocenters. The van der Waals surface area contributed by atoms with Gasteiger partial charge in [-0.05, 0) is 17.5 Å². The number of rotatable bonds is 5. The van der Waals surface area contributed by atoms with Crippen LogP contribution in [0.5, 0.6) is 5.75 Å². The first-order valence-electron chi connectivity index (χ1n) is 5.00. The predicted molar refractivity (Wildman–Crippen MR) is 57.0 cm³/mol. The van der Waals surface area contributed by atoms with E-state index in [2.05, 4.69) is 0 Å². The van der Waals surface area contributed by atoms with Gasteiger partial charge < -0.3 is 9.53 Å². The Morgan fingerprint density at radius 3 is 2.50 bits per heavy atom. The van der Waals surface area contributed by atoms with Crippen LogP contribution in [-0.4, -0.2) is 13.4 Å². The highest BCUT2D eigenvalue weighted by Gasteiger charge is 2.19. The van der Waals surface area contributed by atoms with Gasteiger partial charge in [0, 0.05) is 6.42 Å². The fourth-order valence-corrected chi connectivity index (χ4v) is 1.64. The molecule has 0 aliphatic carbocycles. The van der Waals surface area contributed by atoms with Crippen LogP contribution in [0.15, 0.2) is 18.2 Å². The van der Waals surface area contributed by atoms with E-state index >= 15 is 0 Å². The van der Waals surface area contributed by atoms with E-state index in [1.54, 1.807) is 12.1 Å². The quantitative estimate of drug-likeness (QED) is 0.722. The molecule has 1 rings (SSSR count). The third-order valence-electron chi connectivity index (χ3n) is 2.50. The summed E-state index contributed by atoms with van der Waals surface area (Å²) >= 11 is 0. The lowest BCUT2D eigenvalue weighted by atomic mass is 9.95. The lowest BCUT2D eigenvalue weighted by Gasteiger charge is -2.16. The van der Waals surface area contributed by atoms with E-state index in [1.807, 2.05) is 6.92 Å². The van der Waals surface area contributed by atoms with Crippen LogP contribution in [0.1, 0.15) is 36.8 Å². The Hall–Kier alpha value is -1.45. The van der Waals surface area contributed by atoms with Crippen molar-refractivity contribution in [3.63, 3.8) is 0 Å². The standard InChI is InChI=1S/C12H14F2O2/c1-8(6-7-15)9-4-3-5-10(12(13)14)11(9)16-2/h3-5,7-8,12H,6H2,1-2H3. The predicted octanol–water partition coefficient (Wildman–Crippen LogP) is 3.33. The molecular weight excluding hydrogens is 214 g/mol. The van der Waals surface area contributed by atoms with Crippen molar-refractivity contribution in [1.29, 1.82) is 0 Å². The smallest absolute Gasteiger partial charge is 0.267 e. The molecule has 0 aromatic heterocycles. The number of hydrogen-bond donors (Lipinski definition) is 0. The summed E-state index contributed by atoms with van der Waals surface area (Å²) < 4.78 is 30.4. The molecule has 2 nitrogen and oxygen atoms in total. The first-order valence-corrected chi connectivity index (χ1v) is 5.00. The number of para-hydroxylation sites is 1. The van der Waals surface area contributed by atoms with Gasteiger partial charge in [0.25, 0.3) is 6.43 Å². The summed E-state index contributed by atoms with van der Waals surface area (Å²) in [7, 11) is 1.36. The Labute approximate surface area is 93.2 Å². The molecule has 0 heterocycles. The second kappa shape index (κ2) is 5.58. The average molecular weight is 228 g/mol. The van der Waals surface area contributed by atoms with Crippen molar-refractivity contribution in [1.82, 2.24) is 0 Å². The summed E-state index contributed by atoms with van der Waals surface area (Å²) in [5, 5.41) is 0. The highest BCUT2D eigenvalue weighted by Crippen LogP contribution is 2.36. The number of benzene rings is 1. The molecule has 0 saturated heterocycles. The number of halogens is 2. The zero-order valence-electron chi connectivity index (χ0n) is 9.24. The second-order valence-electron chi connectivity index (χ2n) is 3.57. The summed E-state index contributed by atoms with van der Waals surface area (Å²) in [6.07, 6.45) is -1.50. The summed E-state index contributed by atoms with van der Waals surface area (Å²) in [6, 6.07) is 4.60. The molecule has 88 valence electrons. The highest BCUT2D eigenvalue weighted by molar-refractivity contribution is 5.53. The maximum Gasteiger partial charge on any atom is 0.267 e. The van der Waals surface area contributed by atoms with Gasteiger partial charge in [-0.3, -0.25) is 0 Å². The maximum absolute atomic E-state index is 12.7. The Balaban J connectivity index is 3.17. The van der Waals surface area contributed by atoms with Gasteiger partial charge in [-0.1, -0.05) is 19.1 Å². The molecule has 0 radical (unpaired) electrons. The summed E-state index contributed by atoms with van der Waals surface area (Å²) in [4.78, 5) is 10.4. The van der Waals surface area contributed by atoms with E-state index in [0.29, 0.717) is 12.0 Å². The summed E-state index contributed by atoms with van der Waals surface area (Å²) in [5.74, 6) is 0.0676. The molecule has 0 bridgehead atoms. The van der Waals surface area contributed by atoms with Crippen LogP contribution in [0.4, 0.5) is 8.78 Å². The van der Waals surface area contributed by atoms with Crippen LogP contribution in [0, 0.1) is 0 Å². The van der Waals surface area contributed by atoms with Crippen LogP contribution in [0.25, 0.3) is 0 Å². The molecule has 0 N–H and O–H groups in total. The van der Waals surface area contributed by atoms with Gasteiger partial charge in [0.15, 0.2) is 0 Å². The Morgan fingerprint density at radius 2 is 2.00 bits per heavy atom. The normalized spacial score (nSPS) is 12.6. The number of alkyl halides is 2. The van der Waals surface area contributed by atoms with Gasteiger partial charge >= 0.3 is 0 Å². The molecule has 0 amide bonds. The zero-order chi connectivity index (χ0) is 12.1. The van der Waals surface area contributed by atoms with Crippen LogP contribution in [0.2, 0.25) is 0 Å². The Morgan fingerprint density at radius 1 is 1.38 bits per heavy atom. The Kier molecular flexibility index (Phi) is 4.40. The van der Waals surface area contributed by atoms with E-state index in [0.717, 1.165) is 6.29 Å². The van der Waals surface area contributed by atoms with Gasteiger partial charge in [-0.15, -0.1) is 0 Å². The molecule has 0 saturated carbocycles. The first-order chi connectivity index (χ1) is 7.61. The minimum atomic E-state index is -2.57. The third kappa shape index (κ3) is 2.56. The number of ether oxygens (including phenoxy) is 1. The van der Waals surface area contributed by atoms with Gasteiger partial charge in [-0.25, -0.2) is 8.78 Å². The number of hydrogen-bond acceptors (Lipinski definition) is 2. The van der Waals surface area contributed by atoms with Crippen molar-refractivity contribution in [2.75, 3.05) is 7.11 Å². The third-order valence-corrected chi connectivity index (χ3v) is 2.50. The summed E-state index contributed by atoms with van der Waals surface area (Å²) in [6.45, 7) is 1.81. The van der Waals surface area contributed by atoms with Crippen LogP contribution in [-0.2, 0) is 4.79 Å². The van der Waals surface area contributed by atoms with E-state index in [-0.39, 0.29) is 17.2 Å². The van der Waals surface area contributed by atoms with Crippen molar-refractivity contribution in [2.45, 2.75) is 25.7 Å². The fourth-order valence-electron chi connectivity index (χ4n) is 1.64. The number of carbonyl (C=O) groups excluding carboxylic acids is 1. The average Bonchev–Trinajstić information content (AvgIpc) is 2.28. The lowest BCUT2D eigenvalue weighted by molar-refractivity contribution is -0.108. The molecular formula is C12H14F2O2. The molecule has 0 aliphatic rings. The maximum atomic E-state index is 12.7.